The van der Waals surface area contributed by atoms with Crippen LogP contribution in [0.2, 0.25) is 0 Å². The van der Waals surface area contributed by atoms with Crippen LogP contribution >= 0.6 is 0 Å². The molecule has 0 aliphatic heterocycles. The summed E-state index contributed by atoms with van der Waals surface area (Å²) in [5.74, 6) is -2.06. The van der Waals surface area contributed by atoms with Crippen LogP contribution < -0.4 is 0 Å². The Balaban J connectivity index is 3.03. The zero-order valence-corrected chi connectivity index (χ0v) is 13.7. The van der Waals surface area contributed by atoms with E-state index in [9.17, 15) is 39.5 Å². The zero-order chi connectivity index (χ0) is 19.7. The molecule has 144 valence electrons. The summed E-state index contributed by atoms with van der Waals surface area (Å²) in [7, 11) is -9.63. The van der Waals surface area contributed by atoms with Gasteiger partial charge < -0.3 is 10.2 Å². The lowest BCUT2D eigenvalue weighted by Gasteiger charge is -2.26. The van der Waals surface area contributed by atoms with Gasteiger partial charge in [0.2, 0.25) is 5.60 Å². The van der Waals surface area contributed by atoms with Crippen molar-refractivity contribution >= 4 is 20.2 Å². The van der Waals surface area contributed by atoms with E-state index in [1.165, 1.54) is 0 Å². The monoisotopic (exact) mass is 412 g/mol. The van der Waals surface area contributed by atoms with Gasteiger partial charge in [-0.3, -0.25) is 8.74 Å². The normalized spacial score (nSPS) is 15.8. The van der Waals surface area contributed by atoms with E-state index in [1.807, 2.05) is 0 Å². The van der Waals surface area contributed by atoms with Crippen molar-refractivity contribution in [3.05, 3.63) is 23.8 Å². The number of alkyl halides is 4. The number of rotatable bonds is 7. The number of hydrogen-bond acceptors (Lipinski definition) is 7. The third kappa shape index (κ3) is 5.50. The highest BCUT2D eigenvalue weighted by molar-refractivity contribution is 7.86. The lowest BCUT2D eigenvalue weighted by atomic mass is 10.1. The smallest absolute Gasteiger partial charge is 0.422 e. The summed E-state index contributed by atoms with van der Waals surface area (Å²) in [6.45, 7) is -4.34. The van der Waals surface area contributed by atoms with Crippen LogP contribution in [-0.2, 0) is 30.2 Å². The molecular formula is C11H12F4O8S2. The van der Waals surface area contributed by atoms with Crippen LogP contribution in [0.1, 0.15) is 5.56 Å². The van der Waals surface area contributed by atoms with Gasteiger partial charge in [0, 0.05) is 5.56 Å². The molecule has 1 aromatic carbocycles. The van der Waals surface area contributed by atoms with Crippen LogP contribution in [0.4, 0.5) is 17.6 Å². The van der Waals surface area contributed by atoms with Gasteiger partial charge in [-0.15, -0.1) is 0 Å². The van der Waals surface area contributed by atoms with E-state index >= 15 is 0 Å². The van der Waals surface area contributed by atoms with Crippen molar-refractivity contribution in [1.82, 2.24) is 0 Å². The van der Waals surface area contributed by atoms with E-state index < -0.39 is 67.3 Å². The minimum atomic E-state index is -5.51. The van der Waals surface area contributed by atoms with Crippen LogP contribution in [0.15, 0.2) is 23.1 Å². The third-order valence-electron chi connectivity index (χ3n) is 2.91. The molecule has 0 heterocycles. The van der Waals surface area contributed by atoms with Crippen LogP contribution in [0, 0.1) is 0 Å². The van der Waals surface area contributed by atoms with Gasteiger partial charge in [0.15, 0.2) is 0 Å². The fourth-order valence-electron chi connectivity index (χ4n) is 1.45. The molecule has 0 radical (unpaired) electrons. The van der Waals surface area contributed by atoms with Gasteiger partial charge in [-0.25, -0.2) is 4.39 Å². The maximum absolute atomic E-state index is 12.5. The Morgan fingerprint density at radius 1 is 1.12 bits per heavy atom. The Hall–Kier alpha value is -1.48. The van der Waals surface area contributed by atoms with Gasteiger partial charge in [-0.1, -0.05) is 0 Å². The van der Waals surface area contributed by atoms with Gasteiger partial charge in [0.05, 0.1) is 4.90 Å². The van der Waals surface area contributed by atoms with E-state index in [-0.39, 0.29) is 0 Å². The van der Waals surface area contributed by atoms with Crippen molar-refractivity contribution in [3.63, 3.8) is 0 Å². The van der Waals surface area contributed by atoms with E-state index in [4.69, 9.17) is 9.66 Å². The summed E-state index contributed by atoms with van der Waals surface area (Å²) in [5, 5.41) is 18.5. The summed E-state index contributed by atoms with van der Waals surface area (Å²) in [6, 6.07) is 2.02. The topological polar surface area (TPSA) is 138 Å². The molecular weight excluding hydrogens is 400 g/mol. The number of benzene rings is 1. The van der Waals surface area contributed by atoms with Crippen LogP contribution in [0.25, 0.3) is 0 Å². The Morgan fingerprint density at radius 2 is 1.68 bits per heavy atom. The quantitative estimate of drug-likeness (QED) is 0.339. The highest BCUT2D eigenvalue weighted by Crippen LogP contribution is 2.32. The molecule has 1 unspecified atom stereocenters. The van der Waals surface area contributed by atoms with Crippen LogP contribution in [0.3, 0.4) is 0 Å². The first-order valence-corrected chi connectivity index (χ1v) is 9.14. The maximum Gasteiger partial charge on any atom is 0.422 e. The summed E-state index contributed by atoms with van der Waals surface area (Å²) in [5.41, 5.74) is -4.68. The maximum atomic E-state index is 12.5. The van der Waals surface area contributed by atoms with Gasteiger partial charge in [-0.05, 0) is 18.2 Å². The van der Waals surface area contributed by atoms with E-state index in [0.717, 1.165) is 12.1 Å². The highest BCUT2D eigenvalue weighted by Gasteiger charge is 2.55. The molecule has 0 bridgehead atoms. The molecule has 0 aliphatic rings. The zero-order valence-electron chi connectivity index (χ0n) is 12.1. The molecule has 0 aromatic heterocycles. The van der Waals surface area contributed by atoms with Crippen molar-refractivity contribution in [3.8, 4) is 5.75 Å². The van der Waals surface area contributed by atoms with E-state index in [0.29, 0.717) is 6.07 Å². The molecule has 1 atom stereocenters. The molecule has 8 nitrogen and oxygen atoms in total. The number of hydrogen-bond donors (Lipinski definition) is 3. The minimum Gasteiger partial charge on any atom is -0.508 e. The number of phenols is 1. The fourth-order valence-corrected chi connectivity index (χ4v) is 3.05. The standard InChI is InChI=1S/C11H12F4O8S2/c12-5-10(17,11(13,14)15)6-23-24(18,19)4-7-3-8(25(20,21)22)1-2-9(7)16/h1-3,16-17H,4-6H2,(H,20,21,22). The number of phenolic OH excluding ortho intramolecular Hbond substituents is 1. The summed E-state index contributed by atoms with van der Waals surface area (Å²) in [6.07, 6.45) is -5.51. The third-order valence-corrected chi connectivity index (χ3v) is 4.90. The fraction of sp³-hybridized carbons (Fsp3) is 0.455. The molecule has 1 aromatic rings. The molecule has 14 heteroatoms. The first kappa shape index (κ1) is 21.6. The van der Waals surface area contributed by atoms with Crippen molar-refractivity contribution in [2.24, 2.45) is 0 Å². The molecule has 0 fully saturated rings. The van der Waals surface area contributed by atoms with Crippen molar-refractivity contribution in [2.75, 3.05) is 13.3 Å². The van der Waals surface area contributed by atoms with Crippen LogP contribution in [-0.4, -0.2) is 56.7 Å². The Labute approximate surface area is 139 Å². The Bertz CT molecular complexity index is 834. The average Bonchev–Trinajstić information content (AvgIpc) is 2.44. The minimum absolute atomic E-state index is 0.552. The van der Waals surface area contributed by atoms with Gasteiger partial charge in [-0.2, -0.15) is 30.0 Å². The van der Waals surface area contributed by atoms with Crippen molar-refractivity contribution < 1.29 is 53.3 Å². The average molecular weight is 412 g/mol. The second-order valence-corrected chi connectivity index (χ2v) is 7.95. The highest BCUT2D eigenvalue weighted by atomic mass is 32.2. The van der Waals surface area contributed by atoms with Gasteiger partial charge in [0.1, 0.15) is 24.8 Å². The Morgan fingerprint density at radius 3 is 2.12 bits per heavy atom. The van der Waals surface area contributed by atoms with Gasteiger partial charge in [0.25, 0.3) is 20.2 Å². The molecule has 0 spiro atoms. The second kappa shape index (κ2) is 7.03. The molecule has 0 saturated carbocycles. The molecule has 1 rings (SSSR count). The number of aliphatic hydroxyl groups is 1. The predicted molar refractivity (Wildman–Crippen MR) is 73.5 cm³/mol. The lowest BCUT2D eigenvalue weighted by Crippen LogP contribution is -2.51. The van der Waals surface area contributed by atoms with Crippen LogP contribution in [0.5, 0.6) is 5.75 Å². The molecule has 3 N–H and O–H groups in total. The molecule has 0 saturated heterocycles. The van der Waals surface area contributed by atoms with E-state index in [2.05, 4.69) is 4.18 Å². The second-order valence-electron chi connectivity index (χ2n) is 4.89. The lowest BCUT2D eigenvalue weighted by molar-refractivity contribution is -0.272. The molecule has 25 heavy (non-hydrogen) atoms. The first-order chi connectivity index (χ1) is 11.1. The van der Waals surface area contributed by atoms with Gasteiger partial charge >= 0.3 is 6.18 Å². The number of halogens is 4. The largest absolute Gasteiger partial charge is 0.508 e. The summed E-state index contributed by atoms with van der Waals surface area (Å²) in [4.78, 5) is -0.786. The predicted octanol–water partition coefficient (Wildman–Crippen LogP) is 0.748. The first-order valence-electron chi connectivity index (χ1n) is 6.13. The Kier molecular flexibility index (Phi) is 6.06. The number of aromatic hydroxyl groups is 1. The molecule has 0 aliphatic carbocycles. The summed E-state index contributed by atoms with van der Waals surface area (Å²) < 4.78 is 108. The SMILES string of the molecule is O=S(=O)(Cc1cc(S(=O)(=O)O)ccc1O)OCC(O)(CF)C(F)(F)F. The summed E-state index contributed by atoms with van der Waals surface area (Å²) >= 11 is 0. The van der Waals surface area contributed by atoms with Crippen molar-refractivity contribution in [1.29, 1.82) is 0 Å². The molecule has 0 amide bonds. The van der Waals surface area contributed by atoms with Crippen molar-refractivity contribution in [2.45, 2.75) is 22.4 Å². The van der Waals surface area contributed by atoms with E-state index in [1.54, 1.807) is 0 Å².